The average molecular weight is 368 g/mol. The summed E-state index contributed by atoms with van der Waals surface area (Å²) in [4.78, 5) is 13.0. The summed E-state index contributed by atoms with van der Waals surface area (Å²) < 4.78 is 11.1. The van der Waals surface area contributed by atoms with E-state index in [1.807, 2.05) is 18.2 Å². The fourth-order valence-electron chi connectivity index (χ4n) is 4.56. The maximum Gasteiger partial charge on any atom is 0.343 e. The van der Waals surface area contributed by atoms with Gasteiger partial charge in [-0.2, -0.15) is 0 Å². The largest absolute Gasteiger partial charge is 0.507 e. The normalized spacial score (nSPS) is 20.7. The monoisotopic (exact) mass is 368 g/mol. The van der Waals surface area contributed by atoms with Crippen molar-refractivity contribution in [3.63, 3.8) is 0 Å². The number of hydrogen-bond donors (Lipinski definition) is 1. The van der Waals surface area contributed by atoms with Crippen LogP contribution in [0.3, 0.4) is 0 Å². The Labute approximate surface area is 160 Å². The third-order valence-electron chi connectivity index (χ3n) is 6.09. The Kier molecular flexibility index (Phi) is 5.35. The van der Waals surface area contributed by atoms with E-state index in [1.165, 1.54) is 0 Å². The summed E-state index contributed by atoms with van der Waals surface area (Å²) >= 11 is 0. The van der Waals surface area contributed by atoms with Gasteiger partial charge < -0.3 is 14.3 Å². The van der Waals surface area contributed by atoms with Gasteiger partial charge in [-0.3, -0.25) is 0 Å². The van der Waals surface area contributed by atoms with Gasteiger partial charge in [0.1, 0.15) is 11.5 Å². The molecule has 4 heteroatoms. The highest BCUT2D eigenvalue weighted by molar-refractivity contribution is 5.47. The number of methoxy groups -OCH3 is 1. The number of hydrogen-bond acceptors (Lipinski definition) is 4. The summed E-state index contributed by atoms with van der Waals surface area (Å²) in [7, 11) is 1.69. The Morgan fingerprint density at radius 1 is 1.19 bits per heavy atom. The fraction of sp³-hybridized carbons (Fsp3) is 0.522. The number of fused-ring (bicyclic) bond motifs is 1. The SMILES string of the molecule is COCCC1CCCCc2c1oc(=O)c(C(c1ccccc1)C1CC1)c2O. The lowest BCUT2D eigenvalue weighted by atomic mass is 9.85. The van der Waals surface area contributed by atoms with Crippen LogP contribution in [0.25, 0.3) is 0 Å². The molecular weight excluding hydrogens is 340 g/mol. The van der Waals surface area contributed by atoms with Crippen molar-refractivity contribution in [2.75, 3.05) is 13.7 Å². The van der Waals surface area contributed by atoms with Gasteiger partial charge in [-0.05, 0) is 50.0 Å². The van der Waals surface area contributed by atoms with Crippen LogP contribution in [0.15, 0.2) is 39.5 Å². The molecule has 0 spiro atoms. The predicted octanol–water partition coefficient (Wildman–Crippen LogP) is 4.73. The van der Waals surface area contributed by atoms with Crippen molar-refractivity contribution in [2.45, 2.75) is 56.8 Å². The average Bonchev–Trinajstić information content (AvgIpc) is 3.52. The van der Waals surface area contributed by atoms with Gasteiger partial charge in [-0.1, -0.05) is 36.8 Å². The molecule has 4 nitrogen and oxygen atoms in total. The number of rotatable bonds is 6. The van der Waals surface area contributed by atoms with E-state index in [-0.39, 0.29) is 23.2 Å². The van der Waals surface area contributed by atoms with E-state index in [9.17, 15) is 9.90 Å². The molecule has 144 valence electrons. The van der Waals surface area contributed by atoms with E-state index in [0.29, 0.717) is 23.8 Å². The zero-order valence-corrected chi connectivity index (χ0v) is 15.9. The van der Waals surface area contributed by atoms with Crippen LogP contribution in [0.4, 0.5) is 0 Å². The van der Waals surface area contributed by atoms with Gasteiger partial charge in [0.2, 0.25) is 0 Å². The Morgan fingerprint density at radius 3 is 2.67 bits per heavy atom. The van der Waals surface area contributed by atoms with Crippen molar-refractivity contribution in [3.05, 3.63) is 63.2 Å². The van der Waals surface area contributed by atoms with E-state index in [0.717, 1.165) is 56.1 Å². The summed E-state index contributed by atoms with van der Waals surface area (Å²) in [6.07, 6.45) is 6.83. The molecule has 27 heavy (non-hydrogen) atoms. The molecule has 2 aromatic rings. The van der Waals surface area contributed by atoms with Crippen molar-refractivity contribution in [1.29, 1.82) is 0 Å². The predicted molar refractivity (Wildman–Crippen MR) is 104 cm³/mol. The maximum atomic E-state index is 13.0. The van der Waals surface area contributed by atoms with Crippen LogP contribution in [0.1, 0.15) is 72.8 Å². The quantitative estimate of drug-likeness (QED) is 0.749. The van der Waals surface area contributed by atoms with Crippen molar-refractivity contribution in [1.82, 2.24) is 0 Å². The van der Waals surface area contributed by atoms with Crippen LogP contribution in [0.5, 0.6) is 5.75 Å². The summed E-state index contributed by atoms with van der Waals surface area (Å²) in [5.74, 6) is 1.36. The van der Waals surface area contributed by atoms with Crippen molar-refractivity contribution < 1.29 is 14.3 Å². The molecular formula is C23H28O4. The van der Waals surface area contributed by atoms with E-state index >= 15 is 0 Å². The van der Waals surface area contributed by atoms with Gasteiger partial charge in [0, 0.05) is 31.1 Å². The highest BCUT2D eigenvalue weighted by Gasteiger charge is 2.39. The van der Waals surface area contributed by atoms with E-state index < -0.39 is 0 Å². The minimum atomic E-state index is -0.365. The lowest BCUT2D eigenvalue weighted by molar-refractivity contribution is 0.181. The smallest absolute Gasteiger partial charge is 0.343 e. The first-order chi connectivity index (χ1) is 13.2. The molecule has 0 aliphatic heterocycles. The molecule has 0 radical (unpaired) electrons. The first kappa shape index (κ1) is 18.3. The minimum Gasteiger partial charge on any atom is -0.507 e. The van der Waals surface area contributed by atoms with Crippen molar-refractivity contribution in [3.8, 4) is 5.75 Å². The molecule has 1 N–H and O–H groups in total. The van der Waals surface area contributed by atoms with Crippen LogP contribution in [0, 0.1) is 5.92 Å². The molecule has 1 fully saturated rings. The van der Waals surface area contributed by atoms with Crippen molar-refractivity contribution in [2.24, 2.45) is 5.92 Å². The zero-order valence-electron chi connectivity index (χ0n) is 15.9. The molecule has 4 rings (SSSR count). The maximum absolute atomic E-state index is 13.0. The molecule has 2 aliphatic carbocycles. The first-order valence-electron chi connectivity index (χ1n) is 10.1. The second-order valence-electron chi connectivity index (χ2n) is 7.94. The molecule has 1 aromatic carbocycles. The Hall–Kier alpha value is -2.07. The Morgan fingerprint density at radius 2 is 1.96 bits per heavy atom. The summed E-state index contributed by atoms with van der Waals surface area (Å²) in [6, 6.07) is 10.1. The van der Waals surface area contributed by atoms with Gasteiger partial charge >= 0.3 is 5.63 Å². The third kappa shape index (κ3) is 3.68. The van der Waals surface area contributed by atoms with Crippen LogP contribution < -0.4 is 5.63 Å². The molecule has 0 amide bonds. The molecule has 2 atom stereocenters. The highest BCUT2D eigenvalue weighted by atomic mass is 16.5. The van der Waals surface area contributed by atoms with Gasteiger partial charge in [0.15, 0.2) is 0 Å². The standard InChI is InChI=1S/C23H28O4/c1-26-14-13-17-9-5-6-10-18-21(24)20(23(25)27-22(17)18)19(16-11-12-16)15-7-3-2-4-8-15/h2-4,7-8,16-17,19,24H,5-6,9-14H2,1H3. The van der Waals surface area contributed by atoms with Crippen molar-refractivity contribution >= 4 is 0 Å². The summed E-state index contributed by atoms with van der Waals surface area (Å²) in [6.45, 7) is 0.630. The second-order valence-corrected chi connectivity index (χ2v) is 7.94. The molecule has 1 aromatic heterocycles. The lowest BCUT2D eigenvalue weighted by Gasteiger charge is -2.21. The van der Waals surface area contributed by atoms with Crippen LogP contribution in [0.2, 0.25) is 0 Å². The summed E-state index contributed by atoms with van der Waals surface area (Å²) in [5.41, 5.74) is 2.04. The van der Waals surface area contributed by atoms with E-state index in [4.69, 9.17) is 9.15 Å². The topological polar surface area (TPSA) is 59.7 Å². The molecule has 1 saturated carbocycles. The molecule has 0 saturated heterocycles. The Balaban J connectivity index is 1.81. The van der Waals surface area contributed by atoms with Crippen LogP contribution in [-0.4, -0.2) is 18.8 Å². The Bertz CT molecular complexity index is 835. The zero-order chi connectivity index (χ0) is 18.8. The van der Waals surface area contributed by atoms with Gasteiger partial charge in [0.25, 0.3) is 0 Å². The molecule has 2 aliphatic rings. The summed E-state index contributed by atoms with van der Waals surface area (Å²) in [5, 5.41) is 11.2. The minimum absolute atomic E-state index is 0.0755. The van der Waals surface area contributed by atoms with Crippen LogP contribution in [-0.2, 0) is 11.2 Å². The van der Waals surface area contributed by atoms with Gasteiger partial charge in [-0.15, -0.1) is 0 Å². The lowest BCUT2D eigenvalue weighted by Crippen LogP contribution is -2.19. The van der Waals surface area contributed by atoms with E-state index in [1.54, 1.807) is 7.11 Å². The van der Waals surface area contributed by atoms with E-state index in [2.05, 4.69) is 12.1 Å². The highest BCUT2D eigenvalue weighted by Crippen LogP contribution is 2.49. The fourth-order valence-corrected chi connectivity index (χ4v) is 4.56. The number of aromatic hydroxyl groups is 1. The molecule has 0 bridgehead atoms. The third-order valence-corrected chi connectivity index (χ3v) is 6.09. The van der Waals surface area contributed by atoms with Gasteiger partial charge in [-0.25, -0.2) is 4.79 Å². The number of ether oxygens (including phenoxy) is 1. The molecule has 1 heterocycles. The second kappa shape index (κ2) is 7.89. The molecule has 2 unspecified atom stereocenters. The number of benzene rings is 1. The van der Waals surface area contributed by atoms with Gasteiger partial charge in [0.05, 0.1) is 5.56 Å². The van der Waals surface area contributed by atoms with Crippen LogP contribution >= 0.6 is 0 Å². The first-order valence-corrected chi connectivity index (χ1v) is 10.1.